The van der Waals surface area contributed by atoms with Crippen LogP contribution in [0, 0.1) is 19.7 Å². The number of nitrogens with two attached hydrogens (primary N) is 1. The van der Waals surface area contributed by atoms with E-state index in [1.807, 2.05) is 34.0 Å². The zero-order valence-corrected chi connectivity index (χ0v) is 13.0. The molecule has 0 saturated carbocycles. The topological polar surface area (TPSA) is 29.3 Å². The Morgan fingerprint density at radius 1 is 1.21 bits per heavy atom. The lowest BCUT2D eigenvalue weighted by atomic mass is 9.78. The lowest BCUT2D eigenvalue weighted by Gasteiger charge is -2.44. The van der Waals surface area contributed by atoms with Crippen LogP contribution in [0.2, 0.25) is 0 Å². The molecule has 19 heavy (non-hydrogen) atoms. The first-order chi connectivity index (χ1) is 8.80. The van der Waals surface area contributed by atoms with Crippen LogP contribution >= 0.6 is 0 Å². The van der Waals surface area contributed by atoms with E-state index in [0.29, 0.717) is 5.56 Å². The van der Waals surface area contributed by atoms with Crippen molar-refractivity contribution in [2.24, 2.45) is 5.73 Å². The van der Waals surface area contributed by atoms with E-state index in [0.717, 1.165) is 24.0 Å². The minimum Gasteiger partial charge on any atom is -0.322 e. The molecule has 2 N–H and O–H groups in total. The third kappa shape index (κ3) is 2.82. The van der Waals surface area contributed by atoms with Crippen molar-refractivity contribution in [2.45, 2.75) is 52.1 Å². The maximum atomic E-state index is 14.3. The molecule has 108 valence electrons. The van der Waals surface area contributed by atoms with E-state index < -0.39 is 0 Å². The molecule has 0 aliphatic rings. The fourth-order valence-corrected chi connectivity index (χ4v) is 3.19. The molecule has 0 radical (unpaired) electrons. The number of aryl methyl sites for hydroxylation is 2. The number of benzene rings is 1. The summed E-state index contributed by atoms with van der Waals surface area (Å²) in [6.45, 7) is 8.08. The van der Waals surface area contributed by atoms with Crippen molar-refractivity contribution in [3.8, 4) is 0 Å². The average Bonchev–Trinajstić information content (AvgIpc) is 2.29. The number of likely N-dealkylation sites (N-methyl/N-ethyl adjacent to an activating group) is 1. The monoisotopic (exact) mass is 266 g/mol. The van der Waals surface area contributed by atoms with Crippen molar-refractivity contribution in [3.05, 3.63) is 34.6 Å². The second kappa shape index (κ2) is 6.02. The molecule has 1 rings (SSSR count). The van der Waals surface area contributed by atoms with E-state index in [-0.39, 0.29) is 17.4 Å². The minimum absolute atomic E-state index is 0.182. The lowest BCUT2D eigenvalue weighted by Crippen LogP contribution is -2.52. The molecule has 2 nitrogen and oxygen atoms in total. The van der Waals surface area contributed by atoms with Gasteiger partial charge in [-0.2, -0.15) is 0 Å². The Hall–Kier alpha value is -0.930. The van der Waals surface area contributed by atoms with Gasteiger partial charge in [-0.15, -0.1) is 0 Å². The molecular weight excluding hydrogens is 239 g/mol. The van der Waals surface area contributed by atoms with E-state index >= 15 is 0 Å². The summed E-state index contributed by atoms with van der Waals surface area (Å²) in [4.78, 5) is 2.14. The molecule has 1 atom stereocenters. The van der Waals surface area contributed by atoms with E-state index in [2.05, 4.69) is 18.7 Å². The van der Waals surface area contributed by atoms with Gasteiger partial charge in [-0.25, -0.2) is 4.39 Å². The normalized spacial score (nSPS) is 13.9. The minimum atomic E-state index is -0.321. The zero-order chi connectivity index (χ0) is 14.8. The zero-order valence-electron chi connectivity index (χ0n) is 13.0. The van der Waals surface area contributed by atoms with Crippen LogP contribution in [0.15, 0.2) is 12.1 Å². The second-order valence-electron chi connectivity index (χ2n) is 5.66. The lowest BCUT2D eigenvalue weighted by molar-refractivity contribution is 0.104. The molecular formula is C16H27FN2. The van der Waals surface area contributed by atoms with Crippen molar-refractivity contribution in [2.75, 3.05) is 14.1 Å². The predicted molar refractivity (Wildman–Crippen MR) is 79.8 cm³/mol. The van der Waals surface area contributed by atoms with E-state index in [1.54, 1.807) is 6.07 Å². The first-order valence-electron chi connectivity index (χ1n) is 6.99. The summed E-state index contributed by atoms with van der Waals surface area (Å²) in [6.07, 6.45) is 1.79. The average molecular weight is 266 g/mol. The Kier molecular flexibility index (Phi) is 5.11. The van der Waals surface area contributed by atoms with Crippen LogP contribution in [0.5, 0.6) is 0 Å². The van der Waals surface area contributed by atoms with Gasteiger partial charge in [0.25, 0.3) is 0 Å². The molecule has 1 aromatic rings. The Bertz CT molecular complexity index is 413. The van der Waals surface area contributed by atoms with Gasteiger partial charge < -0.3 is 10.6 Å². The van der Waals surface area contributed by atoms with Gasteiger partial charge in [0.1, 0.15) is 5.82 Å². The van der Waals surface area contributed by atoms with Crippen LogP contribution in [0.25, 0.3) is 0 Å². The summed E-state index contributed by atoms with van der Waals surface area (Å²) in [6, 6.07) is 3.26. The SMILES string of the molecule is CCC(CC)(C(N)c1c(C)cc(C)cc1F)N(C)C. The number of halogens is 1. The number of hydrogen-bond donors (Lipinski definition) is 1. The highest BCUT2D eigenvalue weighted by Crippen LogP contribution is 2.36. The summed E-state index contributed by atoms with van der Waals surface area (Å²) >= 11 is 0. The highest BCUT2D eigenvalue weighted by molar-refractivity contribution is 5.36. The van der Waals surface area contributed by atoms with Crippen LogP contribution in [0.4, 0.5) is 4.39 Å². The Morgan fingerprint density at radius 2 is 1.74 bits per heavy atom. The Morgan fingerprint density at radius 3 is 2.11 bits per heavy atom. The number of rotatable bonds is 5. The van der Waals surface area contributed by atoms with Gasteiger partial charge in [-0.1, -0.05) is 19.9 Å². The molecule has 0 spiro atoms. The van der Waals surface area contributed by atoms with Crippen molar-refractivity contribution >= 4 is 0 Å². The molecule has 0 fully saturated rings. The summed E-state index contributed by atoms with van der Waals surface area (Å²) in [5, 5.41) is 0. The molecule has 0 saturated heterocycles. The predicted octanol–water partition coefficient (Wildman–Crippen LogP) is 3.56. The maximum Gasteiger partial charge on any atom is 0.128 e. The number of nitrogens with zero attached hydrogens (tertiary/aromatic N) is 1. The highest BCUT2D eigenvalue weighted by Gasteiger charge is 2.38. The van der Waals surface area contributed by atoms with Crippen LogP contribution in [-0.4, -0.2) is 24.5 Å². The van der Waals surface area contributed by atoms with Crippen molar-refractivity contribution < 1.29 is 4.39 Å². The standard InChI is InChI=1S/C16H27FN2/c1-7-16(8-2,19(5)6)15(18)14-12(4)9-11(3)10-13(14)17/h9-10,15H,7-8,18H2,1-6H3. The molecule has 1 aromatic carbocycles. The van der Waals surface area contributed by atoms with Crippen LogP contribution in [0.1, 0.15) is 49.4 Å². The van der Waals surface area contributed by atoms with E-state index in [1.165, 1.54) is 0 Å². The van der Waals surface area contributed by atoms with Gasteiger partial charge in [-0.3, -0.25) is 0 Å². The summed E-state index contributed by atoms with van der Waals surface area (Å²) in [7, 11) is 4.04. The molecule has 0 bridgehead atoms. The first kappa shape index (κ1) is 16.1. The molecule has 1 unspecified atom stereocenters. The van der Waals surface area contributed by atoms with Gasteiger partial charge in [0.15, 0.2) is 0 Å². The summed E-state index contributed by atoms with van der Waals surface area (Å²) < 4.78 is 14.3. The van der Waals surface area contributed by atoms with Crippen molar-refractivity contribution in [1.29, 1.82) is 0 Å². The molecule has 3 heteroatoms. The van der Waals surface area contributed by atoms with Crippen molar-refractivity contribution in [3.63, 3.8) is 0 Å². The van der Waals surface area contributed by atoms with Gasteiger partial charge in [-0.05, 0) is 58.0 Å². The Labute approximate surface area is 116 Å². The van der Waals surface area contributed by atoms with Gasteiger partial charge in [0.2, 0.25) is 0 Å². The second-order valence-corrected chi connectivity index (χ2v) is 5.66. The fraction of sp³-hybridized carbons (Fsp3) is 0.625. The smallest absolute Gasteiger partial charge is 0.128 e. The molecule has 0 aliphatic carbocycles. The van der Waals surface area contributed by atoms with Crippen molar-refractivity contribution in [1.82, 2.24) is 4.90 Å². The van der Waals surface area contributed by atoms with E-state index in [4.69, 9.17) is 5.73 Å². The fourth-order valence-electron chi connectivity index (χ4n) is 3.19. The maximum absolute atomic E-state index is 14.3. The molecule has 0 heterocycles. The Balaban J connectivity index is 3.36. The van der Waals surface area contributed by atoms with E-state index in [9.17, 15) is 4.39 Å². The number of hydrogen-bond acceptors (Lipinski definition) is 2. The van der Waals surface area contributed by atoms with Gasteiger partial charge in [0.05, 0.1) is 6.04 Å². The van der Waals surface area contributed by atoms with Crippen LogP contribution < -0.4 is 5.73 Å². The van der Waals surface area contributed by atoms with Crippen LogP contribution in [-0.2, 0) is 0 Å². The summed E-state index contributed by atoms with van der Waals surface area (Å²) in [5.74, 6) is -0.182. The highest BCUT2D eigenvalue weighted by atomic mass is 19.1. The first-order valence-corrected chi connectivity index (χ1v) is 6.99. The largest absolute Gasteiger partial charge is 0.322 e. The summed E-state index contributed by atoms with van der Waals surface area (Å²) in [5.41, 5.74) is 8.80. The third-order valence-corrected chi connectivity index (χ3v) is 4.49. The molecule has 0 aliphatic heterocycles. The van der Waals surface area contributed by atoms with Gasteiger partial charge >= 0.3 is 0 Å². The molecule has 0 amide bonds. The van der Waals surface area contributed by atoms with Crippen LogP contribution in [0.3, 0.4) is 0 Å². The molecule has 0 aromatic heterocycles. The quantitative estimate of drug-likeness (QED) is 0.883. The van der Waals surface area contributed by atoms with Gasteiger partial charge in [0, 0.05) is 11.1 Å². The third-order valence-electron chi connectivity index (χ3n) is 4.49.